The van der Waals surface area contributed by atoms with Crippen molar-refractivity contribution < 1.29 is 4.79 Å². The van der Waals surface area contributed by atoms with Crippen LogP contribution in [0, 0.1) is 5.92 Å². The smallest absolute Gasteiger partial charge is 0.261 e. The molecule has 0 bridgehead atoms. The van der Waals surface area contributed by atoms with Gasteiger partial charge in [0, 0.05) is 19.5 Å². The summed E-state index contributed by atoms with van der Waals surface area (Å²) in [4.78, 5) is 32.9. The topological polar surface area (TPSA) is 55.2 Å². The van der Waals surface area contributed by atoms with Gasteiger partial charge in [-0.3, -0.25) is 14.2 Å². The van der Waals surface area contributed by atoms with E-state index in [-0.39, 0.29) is 23.4 Å². The lowest BCUT2D eigenvalue weighted by Gasteiger charge is -2.33. The van der Waals surface area contributed by atoms with E-state index in [4.69, 9.17) is 4.98 Å². The first kappa shape index (κ1) is 22.1. The van der Waals surface area contributed by atoms with E-state index in [1.54, 1.807) is 17.7 Å². The van der Waals surface area contributed by atoms with Crippen molar-refractivity contribution in [3.63, 3.8) is 0 Å². The Balaban J connectivity index is 2.43. The molecule has 0 unspecified atom stereocenters. The third kappa shape index (κ3) is 4.81. The van der Waals surface area contributed by atoms with Crippen LogP contribution in [-0.4, -0.2) is 26.9 Å². The average molecular weight is 386 g/mol. The zero-order chi connectivity index (χ0) is 20.7. The highest BCUT2D eigenvalue weighted by molar-refractivity contribution is 5.80. The fraction of sp³-hybridized carbons (Fsp3) is 0.609. The molecule has 5 nitrogen and oxygen atoms in total. The molecule has 0 spiro atoms. The standard InChI is InChI=1S/C23H35N3O2/c1-6-9-13-18(8-3)22(27)26(16-10-7-2)17(4)21-24-20-15-12-11-14-19(20)23(28)25(21)5/h11-12,14-15,17-18H,6-10,13,16H2,1-5H3/t17-,18-/m1/s1. The number of hydrogen-bond acceptors (Lipinski definition) is 3. The molecule has 1 heterocycles. The van der Waals surface area contributed by atoms with Crippen LogP contribution in [0.5, 0.6) is 0 Å². The van der Waals surface area contributed by atoms with Gasteiger partial charge in [-0.05, 0) is 38.3 Å². The largest absolute Gasteiger partial charge is 0.333 e. The first-order chi connectivity index (χ1) is 13.5. The van der Waals surface area contributed by atoms with Crippen molar-refractivity contribution in [3.05, 3.63) is 40.4 Å². The summed E-state index contributed by atoms with van der Waals surface area (Å²) in [5.74, 6) is 0.884. The minimum Gasteiger partial charge on any atom is -0.333 e. The van der Waals surface area contributed by atoms with Crippen LogP contribution in [0.1, 0.15) is 78.1 Å². The van der Waals surface area contributed by atoms with E-state index in [0.717, 1.165) is 38.5 Å². The van der Waals surface area contributed by atoms with E-state index in [1.807, 2.05) is 30.0 Å². The lowest BCUT2D eigenvalue weighted by molar-refractivity contribution is -0.138. The SMILES string of the molecule is CCCC[C@@H](CC)C(=O)N(CCCC)[C@H](C)c1nc2ccccc2c(=O)n1C. The van der Waals surface area contributed by atoms with E-state index < -0.39 is 0 Å². The number of benzene rings is 1. The molecule has 2 aromatic rings. The Kier molecular flexibility index (Phi) is 8.21. The highest BCUT2D eigenvalue weighted by Crippen LogP contribution is 2.25. The van der Waals surface area contributed by atoms with Crippen molar-refractivity contribution in [1.82, 2.24) is 14.5 Å². The fourth-order valence-corrected chi connectivity index (χ4v) is 3.76. The van der Waals surface area contributed by atoms with Crippen molar-refractivity contribution >= 4 is 16.8 Å². The Labute approximate surface area is 168 Å². The number of para-hydroxylation sites is 1. The van der Waals surface area contributed by atoms with Gasteiger partial charge < -0.3 is 4.90 Å². The predicted octanol–water partition coefficient (Wildman–Crippen LogP) is 4.84. The molecule has 1 aromatic carbocycles. The van der Waals surface area contributed by atoms with Crippen LogP contribution in [0.15, 0.2) is 29.1 Å². The second-order valence-corrected chi connectivity index (χ2v) is 7.66. The zero-order valence-corrected chi connectivity index (χ0v) is 18.1. The van der Waals surface area contributed by atoms with Gasteiger partial charge in [-0.15, -0.1) is 0 Å². The van der Waals surface area contributed by atoms with Crippen molar-refractivity contribution in [3.8, 4) is 0 Å². The van der Waals surface area contributed by atoms with Crippen LogP contribution in [0.3, 0.4) is 0 Å². The molecule has 0 N–H and O–H groups in total. The molecule has 2 rings (SSSR count). The van der Waals surface area contributed by atoms with Crippen LogP contribution in [-0.2, 0) is 11.8 Å². The first-order valence-corrected chi connectivity index (χ1v) is 10.7. The highest BCUT2D eigenvalue weighted by atomic mass is 16.2. The molecule has 1 aromatic heterocycles. The number of fused-ring (bicyclic) bond motifs is 1. The van der Waals surface area contributed by atoms with E-state index in [1.165, 1.54) is 0 Å². The first-order valence-electron chi connectivity index (χ1n) is 10.7. The number of carbonyl (C=O) groups excluding carboxylic acids is 1. The number of nitrogens with zero attached hydrogens (tertiary/aromatic N) is 3. The minimum absolute atomic E-state index is 0.0386. The molecule has 0 fully saturated rings. The lowest BCUT2D eigenvalue weighted by atomic mass is 9.96. The van der Waals surface area contributed by atoms with Gasteiger partial charge in [0.05, 0.1) is 16.9 Å². The number of aromatic nitrogens is 2. The maximum Gasteiger partial charge on any atom is 0.261 e. The normalized spacial score (nSPS) is 13.5. The number of amides is 1. The molecular formula is C23H35N3O2. The van der Waals surface area contributed by atoms with Gasteiger partial charge in [-0.1, -0.05) is 52.2 Å². The summed E-state index contributed by atoms with van der Waals surface area (Å²) in [5.41, 5.74) is 0.627. The van der Waals surface area contributed by atoms with Crippen LogP contribution in [0.4, 0.5) is 0 Å². The molecular weight excluding hydrogens is 350 g/mol. The second kappa shape index (κ2) is 10.4. The maximum absolute atomic E-state index is 13.4. The molecule has 0 aliphatic rings. The Morgan fingerprint density at radius 3 is 2.46 bits per heavy atom. The van der Waals surface area contributed by atoms with Gasteiger partial charge in [0.1, 0.15) is 5.82 Å². The summed E-state index contributed by atoms with van der Waals surface area (Å²) < 4.78 is 1.60. The van der Waals surface area contributed by atoms with Gasteiger partial charge in [0.25, 0.3) is 5.56 Å². The van der Waals surface area contributed by atoms with E-state index in [2.05, 4.69) is 20.8 Å². The Bertz CT molecular complexity index is 843. The summed E-state index contributed by atoms with van der Waals surface area (Å²) in [7, 11) is 1.75. The summed E-state index contributed by atoms with van der Waals surface area (Å²) in [5, 5.41) is 0.613. The van der Waals surface area contributed by atoms with Crippen LogP contribution in [0.2, 0.25) is 0 Å². The lowest BCUT2D eigenvalue weighted by Crippen LogP contribution is -2.41. The minimum atomic E-state index is -0.239. The molecule has 0 aliphatic heterocycles. The summed E-state index contributed by atoms with van der Waals surface area (Å²) in [6.45, 7) is 9.07. The van der Waals surface area contributed by atoms with Gasteiger partial charge in [-0.25, -0.2) is 4.98 Å². The summed E-state index contributed by atoms with van der Waals surface area (Å²) in [6.07, 6.45) is 5.89. The second-order valence-electron chi connectivity index (χ2n) is 7.66. The van der Waals surface area contributed by atoms with Crippen LogP contribution >= 0.6 is 0 Å². The molecule has 0 saturated carbocycles. The fourth-order valence-electron chi connectivity index (χ4n) is 3.76. The van der Waals surface area contributed by atoms with Crippen molar-refractivity contribution in [2.75, 3.05) is 6.54 Å². The molecule has 0 radical (unpaired) electrons. The van der Waals surface area contributed by atoms with Crippen LogP contribution in [0.25, 0.3) is 10.9 Å². The quantitative estimate of drug-likeness (QED) is 0.588. The average Bonchev–Trinajstić information content (AvgIpc) is 2.71. The molecule has 154 valence electrons. The highest BCUT2D eigenvalue weighted by Gasteiger charge is 2.29. The Morgan fingerprint density at radius 2 is 1.82 bits per heavy atom. The van der Waals surface area contributed by atoms with Crippen molar-refractivity contribution in [2.45, 2.75) is 72.3 Å². The number of carbonyl (C=O) groups is 1. The van der Waals surface area contributed by atoms with Crippen molar-refractivity contribution in [1.29, 1.82) is 0 Å². The van der Waals surface area contributed by atoms with E-state index in [0.29, 0.717) is 23.3 Å². The van der Waals surface area contributed by atoms with E-state index in [9.17, 15) is 9.59 Å². The molecule has 0 saturated heterocycles. The molecule has 2 atom stereocenters. The zero-order valence-electron chi connectivity index (χ0n) is 18.1. The van der Waals surface area contributed by atoms with Gasteiger partial charge in [0.15, 0.2) is 0 Å². The number of hydrogen-bond donors (Lipinski definition) is 0. The molecule has 28 heavy (non-hydrogen) atoms. The summed E-state index contributed by atoms with van der Waals surface area (Å²) >= 11 is 0. The van der Waals surface area contributed by atoms with Crippen molar-refractivity contribution in [2.24, 2.45) is 13.0 Å². The monoisotopic (exact) mass is 385 g/mol. The third-order valence-electron chi connectivity index (χ3n) is 5.64. The van der Waals surface area contributed by atoms with Crippen LogP contribution < -0.4 is 5.56 Å². The predicted molar refractivity (Wildman–Crippen MR) is 115 cm³/mol. The Hall–Kier alpha value is -2.17. The third-order valence-corrected chi connectivity index (χ3v) is 5.64. The van der Waals surface area contributed by atoms with E-state index >= 15 is 0 Å². The van der Waals surface area contributed by atoms with Gasteiger partial charge in [0.2, 0.25) is 5.91 Å². The molecule has 1 amide bonds. The van der Waals surface area contributed by atoms with Gasteiger partial charge >= 0.3 is 0 Å². The summed E-state index contributed by atoms with van der Waals surface area (Å²) in [6, 6.07) is 7.17. The maximum atomic E-state index is 13.4. The molecule has 5 heteroatoms. The number of unbranched alkanes of at least 4 members (excludes halogenated alkanes) is 2. The molecule has 0 aliphatic carbocycles. The Morgan fingerprint density at radius 1 is 1.14 bits per heavy atom. The number of rotatable bonds is 10. The van der Waals surface area contributed by atoms with Gasteiger partial charge in [-0.2, -0.15) is 0 Å².